The second kappa shape index (κ2) is 6.05. The van der Waals surface area contributed by atoms with E-state index in [2.05, 4.69) is 17.9 Å². The Labute approximate surface area is 112 Å². The van der Waals surface area contributed by atoms with Crippen LogP contribution in [0.3, 0.4) is 0 Å². The van der Waals surface area contributed by atoms with Crippen molar-refractivity contribution in [2.45, 2.75) is 25.6 Å². The standard InChI is InChI=1S/C13H17Cl2NO/c1-10-9-17-12(6-14)8-16(10)7-11-4-2-3-5-13(11)15/h2-5,10,12H,6-9H2,1H3. The molecule has 0 saturated carbocycles. The molecule has 2 rings (SSSR count). The van der Waals surface area contributed by atoms with E-state index in [1.807, 2.05) is 18.2 Å². The molecule has 0 aliphatic carbocycles. The van der Waals surface area contributed by atoms with Crippen molar-refractivity contribution in [1.29, 1.82) is 0 Å². The highest BCUT2D eigenvalue weighted by atomic mass is 35.5. The molecule has 1 aromatic rings. The fourth-order valence-electron chi connectivity index (χ4n) is 2.03. The first kappa shape index (κ1) is 13.2. The van der Waals surface area contributed by atoms with Gasteiger partial charge in [0.25, 0.3) is 0 Å². The van der Waals surface area contributed by atoms with Gasteiger partial charge in [-0.15, -0.1) is 11.6 Å². The molecule has 2 atom stereocenters. The van der Waals surface area contributed by atoms with Crippen LogP contribution in [0.1, 0.15) is 12.5 Å². The Balaban J connectivity index is 2.04. The van der Waals surface area contributed by atoms with Crippen molar-refractivity contribution in [3.8, 4) is 0 Å². The van der Waals surface area contributed by atoms with Gasteiger partial charge >= 0.3 is 0 Å². The van der Waals surface area contributed by atoms with Gasteiger partial charge in [0, 0.05) is 30.0 Å². The second-order valence-electron chi connectivity index (χ2n) is 4.48. The molecule has 1 heterocycles. The zero-order valence-electron chi connectivity index (χ0n) is 9.90. The van der Waals surface area contributed by atoms with E-state index in [0.717, 1.165) is 30.3 Å². The molecule has 17 heavy (non-hydrogen) atoms. The number of rotatable bonds is 3. The van der Waals surface area contributed by atoms with Crippen molar-refractivity contribution in [1.82, 2.24) is 4.90 Å². The van der Waals surface area contributed by atoms with E-state index in [1.165, 1.54) is 0 Å². The predicted octanol–water partition coefficient (Wildman–Crippen LogP) is 3.17. The van der Waals surface area contributed by atoms with Gasteiger partial charge in [-0.25, -0.2) is 0 Å². The maximum Gasteiger partial charge on any atom is 0.0838 e. The van der Waals surface area contributed by atoms with Crippen LogP contribution in [0.2, 0.25) is 5.02 Å². The van der Waals surface area contributed by atoms with Crippen LogP contribution in [0.4, 0.5) is 0 Å². The third-order valence-electron chi connectivity index (χ3n) is 3.14. The molecule has 4 heteroatoms. The molecule has 0 amide bonds. The fourth-order valence-corrected chi connectivity index (χ4v) is 2.42. The first-order valence-corrected chi connectivity index (χ1v) is 6.77. The van der Waals surface area contributed by atoms with Crippen LogP contribution >= 0.6 is 23.2 Å². The average Bonchev–Trinajstić information content (AvgIpc) is 2.35. The molecule has 2 unspecified atom stereocenters. The summed E-state index contributed by atoms with van der Waals surface area (Å²) in [5, 5.41) is 0.827. The largest absolute Gasteiger partial charge is 0.374 e. The van der Waals surface area contributed by atoms with Crippen molar-refractivity contribution in [2.75, 3.05) is 19.0 Å². The lowest BCUT2D eigenvalue weighted by Crippen LogP contribution is -2.48. The molecule has 1 aromatic carbocycles. The quantitative estimate of drug-likeness (QED) is 0.785. The average molecular weight is 274 g/mol. The third kappa shape index (κ3) is 3.35. The fraction of sp³-hybridized carbons (Fsp3) is 0.538. The minimum Gasteiger partial charge on any atom is -0.374 e. The Kier molecular flexibility index (Phi) is 4.69. The van der Waals surface area contributed by atoms with Crippen LogP contribution < -0.4 is 0 Å². The number of halogens is 2. The van der Waals surface area contributed by atoms with Gasteiger partial charge in [-0.2, -0.15) is 0 Å². The maximum atomic E-state index is 6.18. The van der Waals surface area contributed by atoms with Crippen molar-refractivity contribution in [3.63, 3.8) is 0 Å². The molecule has 94 valence electrons. The van der Waals surface area contributed by atoms with E-state index >= 15 is 0 Å². The smallest absolute Gasteiger partial charge is 0.0838 e. The first-order valence-electron chi connectivity index (χ1n) is 5.85. The van der Waals surface area contributed by atoms with Crippen molar-refractivity contribution < 1.29 is 4.74 Å². The van der Waals surface area contributed by atoms with E-state index < -0.39 is 0 Å². The summed E-state index contributed by atoms with van der Waals surface area (Å²) in [6.07, 6.45) is 0.135. The van der Waals surface area contributed by atoms with Crippen LogP contribution in [0.5, 0.6) is 0 Å². The molecular weight excluding hydrogens is 257 g/mol. The Morgan fingerprint density at radius 1 is 1.41 bits per heavy atom. The molecule has 2 nitrogen and oxygen atoms in total. The monoisotopic (exact) mass is 273 g/mol. The van der Waals surface area contributed by atoms with Gasteiger partial charge in [0.15, 0.2) is 0 Å². The minimum atomic E-state index is 0.135. The lowest BCUT2D eigenvalue weighted by molar-refractivity contribution is -0.0510. The van der Waals surface area contributed by atoms with Crippen molar-refractivity contribution in [3.05, 3.63) is 34.9 Å². The molecule has 0 spiro atoms. The van der Waals surface area contributed by atoms with Gasteiger partial charge in [-0.3, -0.25) is 4.90 Å². The van der Waals surface area contributed by atoms with Crippen molar-refractivity contribution >= 4 is 23.2 Å². The summed E-state index contributed by atoms with van der Waals surface area (Å²) < 4.78 is 5.63. The Hall–Kier alpha value is -0.280. The Morgan fingerprint density at radius 3 is 2.88 bits per heavy atom. The molecule has 1 aliphatic heterocycles. The lowest BCUT2D eigenvalue weighted by atomic mass is 10.1. The molecule has 0 aromatic heterocycles. The summed E-state index contributed by atoms with van der Waals surface area (Å²) in [5.74, 6) is 0.547. The number of alkyl halides is 1. The maximum absolute atomic E-state index is 6.18. The summed E-state index contributed by atoms with van der Waals surface area (Å²) in [6, 6.07) is 8.38. The minimum absolute atomic E-state index is 0.135. The Bertz CT molecular complexity index is 372. The number of benzene rings is 1. The summed E-state index contributed by atoms with van der Waals surface area (Å²) in [5.41, 5.74) is 1.16. The summed E-state index contributed by atoms with van der Waals surface area (Å²) in [4.78, 5) is 2.37. The molecular formula is C13H17Cl2NO. The van der Waals surface area contributed by atoms with E-state index in [4.69, 9.17) is 27.9 Å². The predicted molar refractivity (Wildman–Crippen MR) is 71.8 cm³/mol. The Morgan fingerprint density at radius 2 is 2.18 bits per heavy atom. The number of ether oxygens (including phenoxy) is 1. The third-order valence-corrected chi connectivity index (χ3v) is 3.85. The summed E-state index contributed by atoms with van der Waals surface area (Å²) in [6.45, 7) is 4.64. The lowest BCUT2D eigenvalue weighted by Gasteiger charge is -2.37. The van der Waals surface area contributed by atoms with E-state index in [1.54, 1.807) is 0 Å². The van der Waals surface area contributed by atoms with Gasteiger partial charge < -0.3 is 4.74 Å². The number of hydrogen-bond donors (Lipinski definition) is 0. The summed E-state index contributed by atoms with van der Waals surface area (Å²) in [7, 11) is 0. The summed E-state index contributed by atoms with van der Waals surface area (Å²) >= 11 is 12.0. The zero-order chi connectivity index (χ0) is 12.3. The van der Waals surface area contributed by atoms with Gasteiger partial charge in [0.05, 0.1) is 12.7 Å². The van der Waals surface area contributed by atoms with Crippen LogP contribution in [0, 0.1) is 0 Å². The zero-order valence-corrected chi connectivity index (χ0v) is 11.4. The van der Waals surface area contributed by atoms with E-state index in [-0.39, 0.29) is 6.10 Å². The highest BCUT2D eigenvalue weighted by Gasteiger charge is 2.25. The van der Waals surface area contributed by atoms with Crippen LogP contribution in [-0.4, -0.2) is 36.1 Å². The number of morpholine rings is 1. The highest BCUT2D eigenvalue weighted by Crippen LogP contribution is 2.21. The molecule has 1 saturated heterocycles. The van der Waals surface area contributed by atoms with Gasteiger partial charge in [0.2, 0.25) is 0 Å². The SMILES string of the molecule is CC1COC(CCl)CN1Cc1ccccc1Cl. The number of nitrogens with zero attached hydrogens (tertiary/aromatic N) is 1. The van der Waals surface area contributed by atoms with Gasteiger partial charge in [-0.05, 0) is 18.6 Å². The molecule has 1 aliphatic rings. The van der Waals surface area contributed by atoms with Gasteiger partial charge in [-0.1, -0.05) is 29.8 Å². The van der Waals surface area contributed by atoms with Gasteiger partial charge in [0.1, 0.15) is 0 Å². The normalized spacial score (nSPS) is 26.1. The van der Waals surface area contributed by atoms with Crippen LogP contribution in [0.15, 0.2) is 24.3 Å². The molecule has 0 N–H and O–H groups in total. The highest BCUT2D eigenvalue weighted by molar-refractivity contribution is 6.31. The van der Waals surface area contributed by atoms with Crippen LogP contribution in [-0.2, 0) is 11.3 Å². The van der Waals surface area contributed by atoms with Crippen LogP contribution in [0.25, 0.3) is 0 Å². The topological polar surface area (TPSA) is 12.5 Å². The molecule has 0 bridgehead atoms. The van der Waals surface area contributed by atoms with E-state index in [0.29, 0.717) is 11.9 Å². The number of hydrogen-bond acceptors (Lipinski definition) is 2. The molecule has 1 fully saturated rings. The van der Waals surface area contributed by atoms with Crippen molar-refractivity contribution in [2.24, 2.45) is 0 Å². The first-order chi connectivity index (χ1) is 8.20. The van der Waals surface area contributed by atoms with E-state index in [9.17, 15) is 0 Å². The second-order valence-corrected chi connectivity index (χ2v) is 5.20. The molecule has 0 radical (unpaired) electrons.